The largest absolute Gasteiger partial charge is 0.379 e. The number of anilines is 1. The topological polar surface area (TPSA) is 12.0 Å². The van der Waals surface area contributed by atoms with Gasteiger partial charge in [0.05, 0.1) is 5.69 Å². The third-order valence-corrected chi connectivity index (χ3v) is 2.10. The molecule has 0 amide bonds. The number of benzene rings is 1. The van der Waals surface area contributed by atoms with E-state index in [1.165, 1.54) is 11.6 Å². The number of nitrogens with one attached hydrogen (secondary N) is 1. The summed E-state index contributed by atoms with van der Waals surface area (Å²) in [6.07, 6.45) is 1.70. The Hall–Kier alpha value is -0.540. The zero-order valence-electron chi connectivity index (χ0n) is 6.73. The first-order valence-corrected chi connectivity index (χ1v) is 4.91. The van der Waals surface area contributed by atoms with Crippen LogP contribution in [0, 0.1) is 5.82 Å². The molecule has 0 heterocycles. The molecule has 0 bridgehead atoms. The molecule has 0 aliphatic heterocycles. The molecule has 1 rings (SSSR count). The highest BCUT2D eigenvalue weighted by Crippen LogP contribution is 2.18. The molecule has 0 radical (unpaired) electrons. The van der Waals surface area contributed by atoms with Crippen molar-refractivity contribution < 1.29 is 4.39 Å². The highest BCUT2D eigenvalue weighted by molar-refractivity contribution is 9.10. The van der Waals surface area contributed by atoms with Crippen LogP contribution in [0.15, 0.2) is 34.3 Å². The van der Waals surface area contributed by atoms with Crippen molar-refractivity contribution in [1.29, 1.82) is 0 Å². The van der Waals surface area contributed by atoms with Gasteiger partial charge in [-0.15, -0.1) is 0 Å². The van der Waals surface area contributed by atoms with Crippen molar-refractivity contribution in [2.75, 3.05) is 11.9 Å². The van der Waals surface area contributed by atoms with Crippen LogP contribution in [0.3, 0.4) is 0 Å². The van der Waals surface area contributed by atoms with Gasteiger partial charge in [0, 0.05) is 16.6 Å². The fourth-order valence-corrected chi connectivity index (χ4v) is 1.27. The maximum absolute atomic E-state index is 13.1. The lowest BCUT2D eigenvalue weighted by Crippen LogP contribution is -1.99. The van der Waals surface area contributed by atoms with E-state index in [9.17, 15) is 4.39 Å². The molecule has 0 saturated heterocycles. The molecule has 0 atom stereocenters. The summed E-state index contributed by atoms with van der Waals surface area (Å²) in [4.78, 5) is 0. The Morgan fingerprint density at radius 1 is 1.54 bits per heavy atom. The van der Waals surface area contributed by atoms with Crippen LogP contribution in [0.1, 0.15) is 0 Å². The molecule has 70 valence electrons. The fraction of sp³-hybridized carbons (Fsp3) is 0.111. The van der Waals surface area contributed by atoms with Gasteiger partial charge >= 0.3 is 0 Å². The predicted octanol–water partition coefficient (Wildman–Crippen LogP) is 3.75. The Kier molecular flexibility index (Phi) is 4.25. The Bertz CT molecular complexity index is 314. The van der Waals surface area contributed by atoms with Crippen molar-refractivity contribution in [3.8, 4) is 0 Å². The summed E-state index contributed by atoms with van der Waals surface area (Å²) in [7, 11) is 0. The van der Waals surface area contributed by atoms with E-state index in [-0.39, 0.29) is 5.82 Å². The standard InChI is InChI=1S/C9H8BrClFN/c10-7-2-3-9(8(12)6-7)13-5-1-4-11/h1-4,6,13H,5H2/b4-1+. The van der Waals surface area contributed by atoms with Gasteiger partial charge in [0.1, 0.15) is 5.82 Å². The number of hydrogen-bond acceptors (Lipinski definition) is 1. The second-order valence-corrected chi connectivity index (χ2v) is 3.53. The van der Waals surface area contributed by atoms with Gasteiger partial charge < -0.3 is 5.32 Å². The van der Waals surface area contributed by atoms with Crippen LogP contribution in [-0.4, -0.2) is 6.54 Å². The molecular formula is C9H8BrClFN. The lowest BCUT2D eigenvalue weighted by atomic mass is 10.3. The van der Waals surface area contributed by atoms with E-state index in [2.05, 4.69) is 21.2 Å². The minimum atomic E-state index is -0.280. The maximum Gasteiger partial charge on any atom is 0.147 e. The van der Waals surface area contributed by atoms with Gasteiger partial charge in [-0.1, -0.05) is 33.6 Å². The number of hydrogen-bond donors (Lipinski definition) is 1. The van der Waals surface area contributed by atoms with E-state index in [0.29, 0.717) is 12.2 Å². The SMILES string of the molecule is Fc1cc(Br)ccc1NC/C=C/Cl. The van der Waals surface area contributed by atoms with Gasteiger partial charge in [-0.2, -0.15) is 0 Å². The Morgan fingerprint density at radius 2 is 2.31 bits per heavy atom. The summed E-state index contributed by atoms with van der Waals surface area (Å²) < 4.78 is 13.9. The van der Waals surface area contributed by atoms with Crippen LogP contribution in [0.5, 0.6) is 0 Å². The number of rotatable bonds is 3. The molecule has 13 heavy (non-hydrogen) atoms. The normalized spacial score (nSPS) is 10.7. The van der Waals surface area contributed by atoms with Crippen molar-refractivity contribution in [3.05, 3.63) is 40.1 Å². The van der Waals surface area contributed by atoms with E-state index in [4.69, 9.17) is 11.6 Å². The highest BCUT2D eigenvalue weighted by atomic mass is 79.9. The van der Waals surface area contributed by atoms with Crippen LogP contribution in [0.2, 0.25) is 0 Å². The summed E-state index contributed by atoms with van der Waals surface area (Å²) in [5.74, 6) is -0.280. The molecule has 0 aliphatic rings. The highest BCUT2D eigenvalue weighted by Gasteiger charge is 1.99. The first kappa shape index (κ1) is 10.5. The third kappa shape index (κ3) is 3.36. The molecule has 1 aromatic carbocycles. The third-order valence-electron chi connectivity index (χ3n) is 1.43. The second-order valence-electron chi connectivity index (χ2n) is 2.37. The molecule has 1 nitrogen and oxygen atoms in total. The van der Waals surface area contributed by atoms with Crippen molar-refractivity contribution in [1.82, 2.24) is 0 Å². The molecule has 0 aliphatic carbocycles. The number of halogens is 3. The minimum absolute atomic E-state index is 0.280. The van der Waals surface area contributed by atoms with Crippen molar-refractivity contribution in [3.63, 3.8) is 0 Å². The lowest BCUT2D eigenvalue weighted by Gasteiger charge is -2.04. The summed E-state index contributed by atoms with van der Waals surface area (Å²) >= 11 is 8.49. The van der Waals surface area contributed by atoms with E-state index < -0.39 is 0 Å². The molecule has 0 fully saturated rings. The summed E-state index contributed by atoms with van der Waals surface area (Å²) in [6, 6.07) is 4.85. The molecule has 0 aromatic heterocycles. The van der Waals surface area contributed by atoms with E-state index in [1.807, 2.05) is 0 Å². The minimum Gasteiger partial charge on any atom is -0.379 e. The molecule has 1 aromatic rings. The smallest absolute Gasteiger partial charge is 0.147 e. The first-order chi connectivity index (χ1) is 6.24. The monoisotopic (exact) mass is 263 g/mol. The van der Waals surface area contributed by atoms with Gasteiger partial charge in [0.2, 0.25) is 0 Å². The van der Waals surface area contributed by atoms with Crippen molar-refractivity contribution in [2.24, 2.45) is 0 Å². The Balaban J connectivity index is 2.66. The molecule has 4 heteroatoms. The average Bonchev–Trinajstić information content (AvgIpc) is 2.09. The molecule has 0 unspecified atom stereocenters. The van der Waals surface area contributed by atoms with E-state index in [1.54, 1.807) is 18.2 Å². The maximum atomic E-state index is 13.1. The van der Waals surface area contributed by atoms with Crippen LogP contribution >= 0.6 is 27.5 Å². The van der Waals surface area contributed by atoms with Crippen molar-refractivity contribution >= 4 is 33.2 Å². The van der Waals surface area contributed by atoms with Gasteiger partial charge in [-0.05, 0) is 18.2 Å². The molecule has 0 spiro atoms. The lowest BCUT2D eigenvalue weighted by molar-refractivity contribution is 0.630. The van der Waals surface area contributed by atoms with Crippen molar-refractivity contribution in [2.45, 2.75) is 0 Å². The van der Waals surface area contributed by atoms with Gasteiger partial charge in [0.25, 0.3) is 0 Å². The quantitative estimate of drug-likeness (QED) is 0.877. The van der Waals surface area contributed by atoms with Crippen LogP contribution in [0.4, 0.5) is 10.1 Å². The Morgan fingerprint density at radius 3 is 2.92 bits per heavy atom. The second kappa shape index (κ2) is 5.25. The van der Waals surface area contributed by atoms with Gasteiger partial charge in [0.15, 0.2) is 0 Å². The summed E-state index contributed by atoms with van der Waals surface area (Å²) in [5, 5.41) is 2.87. The van der Waals surface area contributed by atoms with Crippen LogP contribution in [0.25, 0.3) is 0 Å². The van der Waals surface area contributed by atoms with Gasteiger partial charge in [-0.3, -0.25) is 0 Å². The van der Waals surface area contributed by atoms with E-state index >= 15 is 0 Å². The fourth-order valence-electron chi connectivity index (χ4n) is 0.846. The molecule has 1 N–H and O–H groups in total. The van der Waals surface area contributed by atoms with Gasteiger partial charge in [-0.25, -0.2) is 4.39 Å². The summed E-state index contributed by atoms with van der Waals surface area (Å²) in [6.45, 7) is 0.516. The summed E-state index contributed by atoms with van der Waals surface area (Å²) in [5.41, 5.74) is 1.86. The van der Waals surface area contributed by atoms with Crippen LogP contribution < -0.4 is 5.32 Å². The van der Waals surface area contributed by atoms with E-state index in [0.717, 1.165) is 4.47 Å². The zero-order chi connectivity index (χ0) is 9.68. The molecule has 0 saturated carbocycles. The zero-order valence-corrected chi connectivity index (χ0v) is 9.07. The predicted molar refractivity (Wildman–Crippen MR) is 57.6 cm³/mol. The van der Waals surface area contributed by atoms with Crippen LogP contribution in [-0.2, 0) is 0 Å². The first-order valence-electron chi connectivity index (χ1n) is 3.68. The Labute approximate surface area is 89.7 Å². The molecular weight excluding hydrogens is 256 g/mol. The average molecular weight is 265 g/mol.